The van der Waals surface area contributed by atoms with Gasteiger partial charge in [-0.1, -0.05) is 0 Å². The number of rotatable bonds is 0. The number of hydrogen-bond acceptors (Lipinski definition) is 1. The van der Waals surface area contributed by atoms with Gasteiger partial charge in [-0.2, -0.15) is 0 Å². The van der Waals surface area contributed by atoms with Gasteiger partial charge in [0.2, 0.25) is 0 Å². The lowest BCUT2D eigenvalue weighted by Crippen LogP contribution is -2.41. The van der Waals surface area contributed by atoms with Gasteiger partial charge in [0.25, 0.3) is 5.91 Å². The van der Waals surface area contributed by atoms with Crippen LogP contribution in [0.25, 0.3) is 0 Å². The van der Waals surface area contributed by atoms with Gasteiger partial charge in [-0.3, -0.25) is 4.79 Å². The second-order valence-electron chi connectivity index (χ2n) is 4.29. The van der Waals surface area contributed by atoms with Crippen molar-refractivity contribution in [1.29, 1.82) is 0 Å². The molecule has 1 aliphatic carbocycles. The molecule has 1 saturated carbocycles. The van der Waals surface area contributed by atoms with E-state index in [1.54, 1.807) is 0 Å². The van der Waals surface area contributed by atoms with Gasteiger partial charge in [-0.25, -0.2) is 8.78 Å². The topological polar surface area (TPSA) is 29.1 Å². The summed E-state index contributed by atoms with van der Waals surface area (Å²) in [5.41, 5.74) is -0.331. The molecule has 0 aromatic heterocycles. The van der Waals surface area contributed by atoms with E-state index in [-0.39, 0.29) is 34.5 Å². The van der Waals surface area contributed by atoms with E-state index in [1.165, 1.54) is 12.1 Å². The first kappa shape index (κ1) is 10.2. The van der Waals surface area contributed by atoms with Gasteiger partial charge in [-0.15, -0.1) is 0 Å². The van der Waals surface area contributed by atoms with Gasteiger partial charge in [0.1, 0.15) is 12.0 Å². The van der Waals surface area contributed by atoms with Gasteiger partial charge in [0.15, 0.2) is 0 Å². The maximum absolute atomic E-state index is 14.0. The van der Waals surface area contributed by atoms with Crippen LogP contribution in [0.1, 0.15) is 22.3 Å². The third-order valence-electron chi connectivity index (χ3n) is 3.38. The van der Waals surface area contributed by atoms with Crippen LogP contribution in [0.5, 0.6) is 0 Å². The second-order valence-corrected chi connectivity index (χ2v) is 5.15. The van der Waals surface area contributed by atoms with Gasteiger partial charge in [0.05, 0.1) is 9.89 Å². The van der Waals surface area contributed by atoms with Crippen molar-refractivity contribution in [2.24, 2.45) is 0 Å². The molecule has 0 bridgehead atoms. The Balaban J connectivity index is 2.27. The van der Waals surface area contributed by atoms with Crippen LogP contribution in [0.4, 0.5) is 8.78 Å². The van der Waals surface area contributed by atoms with Crippen LogP contribution in [-0.2, 0) is 5.41 Å². The van der Waals surface area contributed by atoms with Crippen molar-refractivity contribution in [3.63, 3.8) is 0 Å². The van der Waals surface area contributed by atoms with E-state index in [4.69, 9.17) is 0 Å². The minimum absolute atomic E-state index is 0.188. The number of amides is 1. The van der Waals surface area contributed by atoms with Crippen molar-refractivity contribution in [2.75, 3.05) is 6.54 Å². The molecule has 1 heterocycles. The number of carbonyl (C=O) groups excluding carboxylic acids is 1. The molecule has 3 rings (SSSR count). The number of alkyl halides is 1. The van der Waals surface area contributed by atoms with Gasteiger partial charge in [-0.05, 0) is 34.5 Å². The van der Waals surface area contributed by atoms with Crippen LogP contribution in [-0.4, -0.2) is 18.6 Å². The Morgan fingerprint density at radius 1 is 1.50 bits per heavy atom. The molecule has 1 unspecified atom stereocenters. The molecule has 5 heteroatoms. The van der Waals surface area contributed by atoms with Crippen LogP contribution in [0, 0.1) is 5.82 Å². The van der Waals surface area contributed by atoms with Crippen molar-refractivity contribution < 1.29 is 13.6 Å². The zero-order valence-corrected chi connectivity index (χ0v) is 9.77. The SMILES string of the molecule is O=C1NCC2(C[C@H]2F)c2c1ccc(Br)c2F. The predicted molar refractivity (Wildman–Crippen MR) is 57.6 cm³/mol. The summed E-state index contributed by atoms with van der Waals surface area (Å²) >= 11 is 3.06. The Hall–Kier alpha value is -0.970. The molecular formula is C11H8BrF2NO. The first-order chi connectivity index (χ1) is 7.56. The third kappa shape index (κ3) is 1.12. The van der Waals surface area contributed by atoms with Gasteiger partial charge in [0, 0.05) is 17.7 Å². The van der Waals surface area contributed by atoms with Crippen LogP contribution >= 0.6 is 15.9 Å². The lowest BCUT2D eigenvalue weighted by Gasteiger charge is -2.26. The molecule has 1 N–H and O–H groups in total. The van der Waals surface area contributed by atoms with Crippen molar-refractivity contribution >= 4 is 21.8 Å². The molecule has 1 aromatic carbocycles. The number of carbonyl (C=O) groups is 1. The Morgan fingerprint density at radius 3 is 2.81 bits per heavy atom. The molecule has 0 saturated heterocycles. The Morgan fingerprint density at radius 2 is 2.19 bits per heavy atom. The molecule has 1 aromatic rings. The van der Waals surface area contributed by atoms with Crippen LogP contribution in [0.2, 0.25) is 0 Å². The fourth-order valence-electron chi connectivity index (χ4n) is 2.35. The monoisotopic (exact) mass is 287 g/mol. The molecule has 0 radical (unpaired) electrons. The Kier molecular flexibility index (Phi) is 1.93. The zero-order chi connectivity index (χ0) is 11.5. The molecule has 2 aliphatic rings. The quantitative estimate of drug-likeness (QED) is 0.780. The molecular weight excluding hydrogens is 280 g/mol. The summed E-state index contributed by atoms with van der Waals surface area (Å²) in [6, 6.07) is 3.01. The maximum atomic E-state index is 14.0. The second kappa shape index (κ2) is 3.03. The van der Waals surface area contributed by atoms with Crippen LogP contribution in [0.15, 0.2) is 16.6 Å². The third-order valence-corrected chi connectivity index (χ3v) is 4.00. The van der Waals surface area contributed by atoms with E-state index in [9.17, 15) is 13.6 Å². The average Bonchev–Trinajstić information content (AvgIpc) is 2.89. The molecule has 1 spiro atoms. The van der Waals surface area contributed by atoms with Gasteiger partial charge >= 0.3 is 0 Å². The summed E-state index contributed by atoms with van der Waals surface area (Å²) in [5, 5.41) is 2.61. The summed E-state index contributed by atoms with van der Waals surface area (Å²) < 4.78 is 27.7. The fraction of sp³-hybridized carbons (Fsp3) is 0.364. The van der Waals surface area contributed by atoms with Crippen molar-refractivity contribution in [2.45, 2.75) is 18.0 Å². The zero-order valence-electron chi connectivity index (χ0n) is 8.19. The number of halogens is 3. The van der Waals surface area contributed by atoms with Crippen molar-refractivity contribution in [1.82, 2.24) is 5.32 Å². The molecule has 84 valence electrons. The number of benzene rings is 1. The normalized spacial score (nSPS) is 31.2. The Labute approximate surface area is 99.2 Å². The summed E-state index contributed by atoms with van der Waals surface area (Å²) in [7, 11) is 0. The first-order valence-corrected chi connectivity index (χ1v) is 5.76. The predicted octanol–water partition coefficient (Wildman–Crippen LogP) is 2.31. The number of nitrogens with one attached hydrogen (secondary N) is 1. The first-order valence-electron chi connectivity index (χ1n) is 4.97. The van der Waals surface area contributed by atoms with E-state index in [0.717, 1.165) is 0 Å². The minimum atomic E-state index is -1.06. The lowest BCUT2D eigenvalue weighted by molar-refractivity contribution is 0.0933. The highest BCUT2D eigenvalue weighted by molar-refractivity contribution is 9.10. The average molecular weight is 288 g/mol. The van der Waals surface area contributed by atoms with E-state index in [2.05, 4.69) is 21.2 Å². The molecule has 16 heavy (non-hydrogen) atoms. The Bertz CT molecular complexity index is 505. The highest BCUT2D eigenvalue weighted by atomic mass is 79.9. The molecule has 1 aliphatic heterocycles. The lowest BCUT2D eigenvalue weighted by atomic mass is 9.87. The molecule has 2 atom stereocenters. The minimum Gasteiger partial charge on any atom is -0.351 e. The van der Waals surface area contributed by atoms with E-state index in [0.29, 0.717) is 0 Å². The van der Waals surface area contributed by atoms with E-state index >= 15 is 0 Å². The van der Waals surface area contributed by atoms with E-state index < -0.39 is 17.4 Å². The smallest absolute Gasteiger partial charge is 0.251 e. The number of hydrogen-bond donors (Lipinski definition) is 1. The summed E-state index contributed by atoms with van der Waals surface area (Å²) in [6.45, 7) is 0.188. The fourth-order valence-corrected chi connectivity index (χ4v) is 2.68. The standard InChI is InChI=1S/C11H8BrF2NO/c12-6-2-1-5-8(9(6)14)11(3-7(11)13)4-15-10(5)16/h1-2,7H,3-4H2,(H,15,16)/t7-,11?/m1/s1. The summed E-state index contributed by atoms with van der Waals surface area (Å²) in [4.78, 5) is 11.6. The molecule has 1 amide bonds. The highest BCUT2D eigenvalue weighted by Gasteiger charge is 2.60. The highest BCUT2D eigenvalue weighted by Crippen LogP contribution is 2.54. The number of fused-ring (bicyclic) bond motifs is 2. The molecule has 2 nitrogen and oxygen atoms in total. The summed E-state index contributed by atoms with van der Waals surface area (Å²) in [6.07, 6.45) is -0.774. The maximum Gasteiger partial charge on any atom is 0.251 e. The van der Waals surface area contributed by atoms with Gasteiger partial charge < -0.3 is 5.32 Å². The van der Waals surface area contributed by atoms with Crippen LogP contribution < -0.4 is 5.32 Å². The summed E-state index contributed by atoms with van der Waals surface area (Å²) in [5.74, 6) is -0.835. The van der Waals surface area contributed by atoms with E-state index in [1.807, 2.05) is 0 Å². The molecule has 1 fully saturated rings. The van der Waals surface area contributed by atoms with Crippen LogP contribution in [0.3, 0.4) is 0 Å². The van der Waals surface area contributed by atoms with Crippen molar-refractivity contribution in [3.05, 3.63) is 33.5 Å². The largest absolute Gasteiger partial charge is 0.351 e. The van der Waals surface area contributed by atoms with Crippen molar-refractivity contribution in [3.8, 4) is 0 Å².